The van der Waals surface area contributed by atoms with Gasteiger partial charge in [-0.3, -0.25) is 19.2 Å². The Morgan fingerprint density at radius 3 is 1.94 bits per heavy atom. The highest BCUT2D eigenvalue weighted by molar-refractivity contribution is 5.69. The second-order valence-electron chi connectivity index (χ2n) is 7.05. The first-order chi connectivity index (χ1) is 15.0. The molecule has 0 spiro atoms. The van der Waals surface area contributed by atoms with Gasteiger partial charge in [-0.1, -0.05) is 6.07 Å². The van der Waals surface area contributed by atoms with Crippen molar-refractivity contribution in [2.45, 2.75) is 58.2 Å². The minimum Gasteiger partial charge on any atom is -0.504 e. The van der Waals surface area contributed by atoms with Crippen LogP contribution >= 0.6 is 0 Å². The second kappa shape index (κ2) is 10.8. The Labute approximate surface area is 184 Å². The fraction of sp³-hybridized carbons (Fsp3) is 0.524. The number of hydrogen-bond acceptors (Lipinski definition) is 11. The van der Waals surface area contributed by atoms with Crippen molar-refractivity contribution < 1.29 is 52.7 Å². The predicted octanol–water partition coefficient (Wildman–Crippen LogP) is 1.20. The van der Waals surface area contributed by atoms with Crippen LogP contribution in [0.4, 0.5) is 0 Å². The van der Waals surface area contributed by atoms with Crippen molar-refractivity contribution in [3.05, 3.63) is 23.8 Å². The molecule has 11 nitrogen and oxygen atoms in total. The Bertz CT molecular complexity index is 865. The number of esters is 4. The van der Waals surface area contributed by atoms with Crippen LogP contribution in [0.2, 0.25) is 0 Å². The zero-order chi connectivity index (χ0) is 24.0. The molecule has 1 aliphatic rings. The maximum atomic E-state index is 11.8. The van der Waals surface area contributed by atoms with E-state index in [1.807, 2.05) is 0 Å². The molecule has 2 rings (SSSR count). The monoisotopic (exact) mass is 454 g/mol. The number of aromatic hydroxyl groups is 1. The van der Waals surface area contributed by atoms with Gasteiger partial charge in [0.1, 0.15) is 18.8 Å². The molecule has 0 saturated carbocycles. The smallest absolute Gasteiger partial charge is 0.303 e. The van der Waals surface area contributed by atoms with E-state index in [4.69, 9.17) is 28.4 Å². The summed E-state index contributed by atoms with van der Waals surface area (Å²) in [5.41, 5.74) is 0.348. The maximum Gasteiger partial charge on any atom is 0.303 e. The van der Waals surface area contributed by atoms with Gasteiger partial charge in [0.25, 0.3) is 0 Å². The van der Waals surface area contributed by atoms with Crippen molar-refractivity contribution in [2.24, 2.45) is 0 Å². The van der Waals surface area contributed by atoms with Gasteiger partial charge >= 0.3 is 23.9 Å². The summed E-state index contributed by atoms with van der Waals surface area (Å²) in [5.74, 6) is -2.78. The number of carbonyl (C=O) groups is 4. The minimum atomic E-state index is -1.29. The molecule has 1 aromatic carbocycles. The lowest BCUT2D eigenvalue weighted by atomic mass is 9.90. The SMILES string of the molecule is COc1ccc(C2O[C@H](COC(C)=O)[C@@H](OC(C)=O)[C@H](OC(C)=O)[C@@H]2OC(C)=O)cc1O. The predicted molar refractivity (Wildman–Crippen MR) is 106 cm³/mol. The molecule has 1 fully saturated rings. The lowest BCUT2D eigenvalue weighted by Gasteiger charge is -2.44. The zero-order valence-corrected chi connectivity index (χ0v) is 18.4. The first-order valence-electron chi connectivity index (χ1n) is 9.70. The lowest BCUT2D eigenvalue weighted by Crippen LogP contribution is -2.59. The molecule has 11 heteroatoms. The van der Waals surface area contributed by atoms with Gasteiger partial charge in [0.05, 0.1) is 7.11 Å². The van der Waals surface area contributed by atoms with Crippen molar-refractivity contribution in [2.75, 3.05) is 13.7 Å². The van der Waals surface area contributed by atoms with E-state index in [9.17, 15) is 24.3 Å². The molecule has 176 valence electrons. The third kappa shape index (κ3) is 6.33. The Morgan fingerprint density at radius 2 is 1.44 bits per heavy atom. The second-order valence-corrected chi connectivity index (χ2v) is 7.05. The van der Waals surface area contributed by atoms with Crippen molar-refractivity contribution in [1.29, 1.82) is 0 Å². The molecule has 0 amide bonds. The highest BCUT2D eigenvalue weighted by atomic mass is 16.7. The van der Waals surface area contributed by atoms with Crippen LogP contribution in [0.5, 0.6) is 11.5 Å². The number of rotatable bonds is 7. The van der Waals surface area contributed by atoms with Crippen LogP contribution in [-0.2, 0) is 42.9 Å². The Morgan fingerprint density at radius 1 is 0.875 bits per heavy atom. The average Bonchev–Trinajstić information content (AvgIpc) is 2.68. The van der Waals surface area contributed by atoms with Crippen LogP contribution in [0.3, 0.4) is 0 Å². The number of ether oxygens (including phenoxy) is 6. The van der Waals surface area contributed by atoms with Crippen LogP contribution in [0.25, 0.3) is 0 Å². The van der Waals surface area contributed by atoms with Crippen molar-refractivity contribution >= 4 is 23.9 Å². The normalized spacial score (nSPS) is 24.7. The van der Waals surface area contributed by atoms with Crippen LogP contribution in [0, 0.1) is 0 Å². The van der Waals surface area contributed by atoms with Gasteiger partial charge in [-0.05, 0) is 17.7 Å². The molecular formula is C21H26O11. The molecule has 0 aliphatic carbocycles. The summed E-state index contributed by atoms with van der Waals surface area (Å²) in [7, 11) is 1.38. The van der Waals surface area contributed by atoms with Crippen molar-refractivity contribution in [1.82, 2.24) is 0 Å². The number of hydrogen-bond donors (Lipinski definition) is 1. The standard InChI is InChI=1S/C21H26O11/c1-10(22)28-9-17-19(29-11(2)23)21(31-13(4)25)20(30-12(3)24)18(32-17)14-6-7-16(27-5)15(26)8-14/h6-8,17-21,26H,9H2,1-5H3/t17-,18?,19-,20-,21+/m1/s1. The first-order valence-corrected chi connectivity index (χ1v) is 9.70. The molecular weight excluding hydrogens is 428 g/mol. The number of phenols is 1. The van der Waals surface area contributed by atoms with E-state index in [1.54, 1.807) is 6.07 Å². The molecule has 1 heterocycles. The molecule has 1 N–H and O–H groups in total. The summed E-state index contributed by atoms with van der Waals surface area (Å²) < 4.78 is 32.2. The molecule has 5 atom stereocenters. The Hall–Kier alpha value is -3.34. The van der Waals surface area contributed by atoms with Gasteiger partial charge in [-0.25, -0.2) is 0 Å². The largest absolute Gasteiger partial charge is 0.504 e. The zero-order valence-electron chi connectivity index (χ0n) is 18.4. The summed E-state index contributed by atoms with van der Waals surface area (Å²) in [6.07, 6.45) is -5.94. The van der Waals surface area contributed by atoms with Gasteiger partial charge in [0.2, 0.25) is 0 Å². The average molecular weight is 454 g/mol. The fourth-order valence-electron chi connectivity index (χ4n) is 3.38. The highest BCUT2D eigenvalue weighted by Crippen LogP contribution is 2.40. The summed E-state index contributed by atoms with van der Waals surface area (Å²) in [6.45, 7) is 4.28. The number of carbonyl (C=O) groups excluding carboxylic acids is 4. The van der Waals surface area contributed by atoms with Crippen LogP contribution in [0.15, 0.2) is 18.2 Å². The van der Waals surface area contributed by atoms with Gasteiger partial charge in [-0.15, -0.1) is 0 Å². The van der Waals surface area contributed by atoms with Gasteiger partial charge in [0, 0.05) is 27.7 Å². The molecule has 0 aromatic heterocycles. The molecule has 32 heavy (non-hydrogen) atoms. The van der Waals surface area contributed by atoms with E-state index in [0.29, 0.717) is 5.56 Å². The molecule has 1 saturated heterocycles. The number of methoxy groups -OCH3 is 1. The van der Waals surface area contributed by atoms with E-state index in [-0.39, 0.29) is 18.1 Å². The van der Waals surface area contributed by atoms with E-state index < -0.39 is 54.4 Å². The Balaban J connectivity index is 2.56. The van der Waals surface area contributed by atoms with Crippen molar-refractivity contribution in [3.63, 3.8) is 0 Å². The van der Waals surface area contributed by atoms with Crippen LogP contribution in [-0.4, -0.2) is 67.1 Å². The van der Waals surface area contributed by atoms with Crippen LogP contribution < -0.4 is 4.74 Å². The highest BCUT2D eigenvalue weighted by Gasteiger charge is 2.52. The third-order valence-corrected chi connectivity index (χ3v) is 4.52. The van der Waals surface area contributed by atoms with E-state index in [2.05, 4.69) is 0 Å². The quantitative estimate of drug-likeness (QED) is 0.469. The van der Waals surface area contributed by atoms with Crippen molar-refractivity contribution in [3.8, 4) is 11.5 Å². The number of benzene rings is 1. The third-order valence-electron chi connectivity index (χ3n) is 4.52. The Kier molecular flexibility index (Phi) is 8.41. The molecule has 1 unspecified atom stereocenters. The molecule has 1 aliphatic heterocycles. The summed E-state index contributed by atoms with van der Waals surface area (Å²) in [4.78, 5) is 46.8. The number of phenolic OH excluding ortho intramolecular Hbond substituents is 1. The molecule has 0 bridgehead atoms. The summed E-state index contributed by atoms with van der Waals surface area (Å²) in [6, 6.07) is 4.36. The minimum absolute atomic E-state index is 0.194. The molecule has 1 aromatic rings. The fourth-order valence-corrected chi connectivity index (χ4v) is 3.38. The first kappa shape index (κ1) is 24.9. The lowest BCUT2D eigenvalue weighted by molar-refractivity contribution is -0.254. The van der Waals surface area contributed by atoms with E-state index in [1.165, 1.54) is 26.2 Å². The van der Waals surface area contributed by atoms with Gasteiger partial charge in [-0.2, -0.15) is 0 Å². The summed E-state index contributed by atoms with van der Waals surface area (Å²) >= 11 is 0. The van der Waals surface area contributed by atoms with Gasteiger partial charge < -0.3 is 33.5 Å². The maximum absolute atomic E-state index is 11.8. The van der Waals surface area contributed by atoms with E-state index in [0.717, 1.165) is 20.8 Å². The van der Waals surface area contributed by atoms with Crippen LogP contribution in [0.1, 0.15) is 39.4 Å². The van der Waals surface area contributed by atoms with E-state index >= 15 is 0 Å². The van der Waals surface area contributed by atoms with Gasteiger partial charge in [0.15, 0.2) is 29.8 Å². The molecule has 0 radical (unpaired) electrons. The summed E-state index contributed by atoms with van der Waals surface area (Å²) in [5, 5.41) is 10.2. The topological polar surface area (TPSA) is 144 Å².